The summed E-state index contributed by atoms with van der Waals surface area (Å²) in [6.45, 7) is 0.156. The Hall–Kier alpha value is -2.16. The molecule has 5 nitrogen and oxygen atoms in total. The summed E-state index contributed by atoms with van der Waals surface area (Å²) in [6.07, 6.45) is 0.421. The molecule has 0 bridgehead atoms. The minimum absolute atomic E-state index is 0.0312. The van der Waals surface area contributed by atoms with E-state index in [9.17, 15) is 9.59 Å². The van der Waals surface area contributed by atoms with E-state index in [0.717, 1.165) is 11.1 Å². The van der Waals surface area contributed by atoms with Crippen LogP contribution in [0.3, 0.4) is 0 Å². The fraction of sp³-hybridized carbons (Fsp3) is 0.333. The molecule has 1 N–H and O–H groups in total. The molecule has 0 saturated carbocycles. The first-order chi connectivity index (χ1) is 9.70. The number of morpholine rings is 1. The summed E-state index contributed by atoms with van der Waals surface area (Å²) in [6, 6.07) is 7.35. The van der Waals surface area contributed by atoms with Crippen LogP contribution < -0.4 is 0 Å². The van der Waals surface area contributed by atoms with Crippen LogP contribution in [0.4, 0.5) is 0 Å². The van der Waals surface area contributed by atoms with Gasteiger partial charge < -0.3 is 9.84 Å². The number of aliphatic hydroxyl groups is 1. The van der Waals surface area contributed by atoms with Gasteiger partial charge in [0.05, 0.1) is 13.2 Å². The molecule has 0 spiro atoms. The summed E-state index contributed by atoms with van der Waals surface area (Å²) in [5, 5.41) is 8.68. The van der Waals surface area contributed by atoms with Crippen LogP contribution in [0.2, 0.25) is 0 Å². The number of amides is 2. The zero-order valence-corrected chi connectivity index (χ0v) is 11.0. The Morgan fingerprint density at radius 1 is 1.25 bits per heavy atom. The third-order valence-corrected chi connectivity index (χ3v) is 2.79. The molecule has 1 aromatic carbocycles. The topological polar surface area (TPSA) is 66.8 Å². The quantitative estimate of drug-likeness (QED) is 0.635. The molecule has 1 aromatic rings. The zero-order valence-electron chi connectivity index (χ0n) is 11.0. The van der Waals surface area contributed by atoms with Crippen LogP contribution in [0.5, 0.6) is 0 Å². The van der Waals surface area contributed by atoms with E-state index in [0.29, 0.717) is 6.42 Å². The number of imide groups is 1. The second kappa shape index (κ2) is 6.85. The summed E-state index contributed by atoms with van der Waals surface area (Å²) < 4.78 is 4.86. The van der Waals surface area contributed by atoms with Crippen LogP contribution in [0, 0.1) is 11.8 Å². The Morgan fingerprint density at radius 3 is 2.70 bits per heavy atom. The number of carbonyl (C=O) groups is 2. The van der Waals surface area contributed by atoms with Gasteiger partial charge in [0, 0.05) is 12.0 Å². The normalized spacial score (nSPS) is 14.9. The van der Waals surface area contributed by atoms with Gasteiger partial charge in [-0.25, -0.2) is 0 Å². The van der Waals surface area contributed by atoms with Gasteiger partial charge in [0.15, 0.2) is 0 Å². The van der Waals surface area contributed by atoms with Crippen molar-refractivity contribution in [2.75, 3.05) is 19.8 Å². The third kappa shape index (κ3) is 3.67. The standard InChI is InChI=1S/C15H15NO4/c17-7-2-1-4-12-5-3-6-13(8-12)9-16-14(18)10-20-11-15(16)19/h3,5-6,8,17H,2,7,9-11H2. The summed E-state index contributed by atoms with van der Waals surface area (Å²) >= 11 is 0. The molecule has 1 fully saturated rings. The van der Waals surface area contributed by atoms with Crippen molar-refractivity contribution >= 4 is 11.8 Å². The number of benzene rings is 1. The molecule has 104 valence electrons. The Bertz CT molecular complexity index is 555. The molecule has 5 heteroatoms. The number of rotatable bonds is 3. The molecule has 1 aliphatic rings. The highest BCUT2D eigenvalue weighted by molar-refractivity contribution is 5.98. The first-order valence-electron chi connectivity index (χ1n) is 6.30. The number of aliphatic hydroxyl groups excluding tert-OH is 1. The van der Waals surface area contributed by atoms with Crippen molar-refractivity contribution in [3.05, 3.63) is 35.4 Å². The van der Waals surface area contributed by atoms with Crippen molar-refractivity contribution in [2.24, 2.45) is 0 Å². The van der Waals surface area contributed by atoms with Gasteiger partial charge in [0.1, 0.15) is 13.2 Å². The Balaban J connectivity index is 2.09. The lowest BCUT2D eigenvalue weighted by atomic mass is 10.1. The van der Waals surface area contributed by atoms with Crippen LogP contribution in [-0.4, -0.2) is 41.6 Å². The summed E-state index contributed by atoms with van der Waals surface area (Å²) in [4.78, 5) is 24.5. The molecule has 0 aliphatic carbocycles. The highest BCUT2D eigenvalue weighted by atomic mass is 16.5. The molecule has 2 amide bonds. The van der Waals surface area contributed by atoms with E-state index >= 15 is 0 Å². The first-order valence-corrected chi connectivity index (χ1v) is 6.30. The van der Waals surface area contributed by atoms with Crippen LogP contribution in [0.25, 0.3) is 0 Å². The van der Waals surface area contributed by atoms with Gasteiger partial charge in [-0.3, -0.25) is 14.5 Å². The van der Waals surface area contributed by atoms with Crippen molar-refractivity contribution < 1.29 is 19.4 Å². The second-order valence-electron chi connectivity index (χ2n) is 4.34. The minimum atomic E-state index is -0.321. The monoisotopic (exact) mass is 273 g/mol. The molecule has 20 heavy (non-hydrogen) atoms. The maximum Gasteiger partial charge on any atom is 0.255 e. The maximum atomic E-state index is 11.6. The van der Waals surface area contributed by atoms with Crippen molar-refractivity contribution in [1.29, 1.82) is 0 Å². The van der Waals surface area contributed by atoms with Crippen molar-refractivity contribution in [1.82, 2.24) is 4.90 Å². The molecule has 1 heterocycles. The Morgan fingerprint density at radius 2 is 2.00 bits per heavy atom. The van der Waals surface area contributed by atoms with Crippen molar-refractivity contribution in [3.8, 4) is 11.8 Å². The summed E-state index contributed by atoms with van der Waals surface area (Å²) in [5.41, 5.74) is 1.63. The number of nitrogens with zero attached hydrogens (tertiary/aromatic N) is 1. The number of ether oxygens (including phenoxy) is 1. The van der Waals surface area contributed by atoms with Crippen molar-refractivity contribution in [2.45, 2.75) is 13.0 Å². The van der Waals surface area contributed by atoms with Gasteiger partial charge >= 0.3 is 0 Å². The first kappa shape index (κ1) is 14.3. The number of hydrogen-bond donors (Lipinski definition) is 1. The van der Waals surface area contributed by atoms with E-state index in [1.807, 2.05) is 24.3 Å². The smallest absolute Gasteiger partial charge is 0.255 e. The Labute approximate surface area is 117 Å². The molecule has 0 radical (unpaired) electrons. The summed E-state index contributed by atoms with van der Waals surface area (Å²) in [7, 11) is 0. The highest BCUT2D eigenvalue weighted by Gasteiger charge is 2.26. The van der Waals surface area contributed by atoms with Crippen LogP contribution >= 0.6 is 0 Å². The average Bonchev–Trinajstić information content (AvgIpc) is 2.44. The lowest BCUT2D eigenvalue weighted by molar-refractivity contribution is -0.159. The fourth-order valence-electron chi connectivity index (χ4n) is 1.85. The molecule has 0 unspecified atom stereocenters. The molecular weight excluding hydrogens is 258 g/mol. The lowest BCUT2D eigenvalue weighted by Gasteiger charge is -2.24. The molecule has 1 saturated heterocycles. The molecule has 2 rings (SSSR count). The maximum absolute atomic E-state index is 11.6. The molecular formula is C15H15NO4. The lowest BCUT2D eigenvalue weighted by Crippen LogP contribution is -2.45. The van der Waals surface area contributed by atoms with Crippen LogP contribution in [0.15, 0.2) is 24.3 Å². The Kier molecular flexibility index (Phi) is 4.88. The van der Waals surface area contributed by atoms with Gasteiger partial charge in [-0.2, -0.15) is 0 Å². The van der Waals surface area contributed by atoms with E-state index in [-0.39, 0.29) is 38.2 Å². The van der Waals surface area contributed by atoms with Crippen LogP contribution in [-0.2, 0) is 20.9 Å². The predicted molar refractivity (Wildman–Crippen MR) is 71.4 cm³/mol. The van der Waals surface area contributed by atoms with Crippen LogP contribution in [0.1, 0.15) is 17.5 Å². The van der Waals surface area contributed by atoms with Gasteiger partial charge in [-0.1, -0.05) is 24.0 Å². The molecule has 1 aliphatic heterocycles. The van der Waals surface area contributed by atoms with Gasteiger partial charge in [-0.15, -0.1) is 0 Å². The number of carbonyl (C=O) groups excluding carboxylic acids is 2. The molecule has 0 aromatic heterocycles. The second-order valence-corrected chi connectivity index (χ2v) is 4.34. The fourth-order valence-corrected chi connectivity index (χ4v) is 1.85. The minimum Gasteiger partial charge on any atom is -0.395 e. The van der Waals surface area contributed by atoms with Gasteiger partial charge in [0.2, 0.25) is 0 Å². The average molecular weight is 273 g/mol. The zero-order chi connectivity index (χ0) is 14.4. The predicted octanol–water partition coefficient (Wildman–Crippen LogP) is 0.306. The van der Waals surface area contributed by atoms with E-state index in [4.69, 9.17) is 9.84 Å². The van der Waals surface area contributed by atoms with Gasteiger partial charge in [0.25, 0.3) is 11.8 Å². The number of hydrogen-bond acceptors (Lipinski definition) is 4. The highest BCUT2D eigenvalue weighted by Crippen LogP contribution is 2.11. The van der Waals surface area contributed by atoms with E-state index in [1.165, 1.54) is 4.90 Å². The van der Waals surface area contributed by atoms with Crippen molar-refractivity contribution in [3.63, 3.8) is 0 Å². The largest absolute Gasteiger partial charge is 0.395 e. The summed E-state index contributed by atoms with van der Waals surface area (Å²) in [5.74, 6) is 5.11. The van der Waals surface area contributed by atoms with Gasteiger partial charge in [-0.05, 0) is 17.7 Å². The third-order valence-electron chi connectivity index (χ3n) is 2.79. The van der Waals surface area contributed by atoms with E-state index in [1.54, 1.807) is 0 Å². The van der Waals surface area contributed by atoms with E-state index in [2.05, 4.69) is 11.8 Å². The van der Waals surface area contributed by atoms with E-state index < -0.39 is 0 Å². The molecule has 0 atom stereocenters. The SMILES string of the molecule is O=C1COCC(=O)N1Cc1cccc(C#CCCO)c1.